The van der Waals surface area contributed by atoms with Crippen LogP contribution in [0.25, 0.3) is 33.5 Å². The van der Waals surface area contributed by atoms with Crippen molar-refractivity contribution in [3.63, 3.8) is 0 Å². The molecule has 0 unspecified atom stereocenters. The molecule has 0 spiro atoms. The van der Waals surface area contributed by atoms with Gasteiger partial charge < -0.3 is 0 Å². The summed E-state index contributed by atoms with van der Waals surface area (Å²) in [7, 11) is 0. The van der Waals surface area contributed by atoms with Crippen LogP contribution in [0.4, 0.5) is 0 Å². The Morgan fingerprint density at radius 1 is 0.640 bits per heavy atom. The Kier molecular flexibility index (Phi) is 3.81. The van der Waals surface area contributed by atoms with Gasteiger partial charge in [-0.15, -0.1) is 0 Å². The number of nitrogens with zero attached hydrogens (tertiary/aromatic N) is 2. The van der Waals surface area contributed by atoms with Gasteiger partial charge in [0.1, 0.15) is 0 Å². The van der Waals surface area contributed by atoms with E-state index >= 15 is 0 Å². The number of hydrogen-bond acceptors (Lipinski definition) is 2. The third-order valence-electron chi connectivity index (χ3n) is 4.63. The number of hydrogen-bond donors (Lipinski definition) is 0. The Morgan fingerprint density at radius 3 is 2.04 bits per heavy atom. The predicted molar refractivity (Wildman–Crippen MR) is 105 cm³/mol. The van der Waals surface area contributed by atoms with Gasteiger partial charge in [-0.05, 0) is 38.0 Å². The summed E-state index contributed by atoms with van der Waals surface area (Å²) >= 11 is 0. The average molecular weight is 324 g/mol. The van der Waals surface area contributed by atoms with Crippen LogP contribution in [0.2, 0.25) is 0 Å². The molecule has 0 aliphatic heterocycles. The van der Waals surface area contributed by atoms with E-state index in [-0.39, 0.29) is 0 Å². The molecule has 122 valence electrons. The van der Waals surface area contributed by atoms with Crippen LogP contribution in [0.15, 0.2) is 66.7 Å². The molecular formula is C23H20N2. The van der Waals surface area contributed by atoms with Crippen molar-refractivity contribution < 1.29 is 0 Å². The minimum atomic E-state index is 0.796. The van der Waals surface area contributed by atoms with Crippen LogP contribution in [0.3, 0.4) is 0 Å². The summed E-state index contributed by atoms with van der Waals surface area (Å²) in [5, 5.41) is 1.08. The number of para-hydroxylation sites is 1. The predicted octanol–water partition coefficient (Wildman–Crippen LogP) is 5.89. The smallest absolute Gasteiger partial charge is 0.160 e. The molecule has 0 bridgehead atoms. The van der Waals surface area contributed by atoms with Gasteiger partial charge in [-0.2, -0.15) is 0 Å². The van der Waals surface area contributed by atoms with Crippen LogP contribution in [-0.2, 0) is 0 Å². The Hall–Kier alpha value is -3.00. The first kappa shape index (κ1) is 15.5. The normalized spacial score (nSPS) is 11.0. The number of rotatable bonds is 2. The van der Waals surface area contributed by atoms with Crippen molar-refractivity contribution in [2.45, 2.75) is 20.8 Å². The molecule has 2 heteroatoms. The lowest BCUT2D eigenvalue weighted by Crippen LogP contribution is -1.98. The molecule has 0 N–H and O–H groups in total. The Labute approximate surface area is 148 Å². The van der Waals surface area contributed by atoms with Crippen LogP contribution >= 0.6 is 0 Å². The molecule has 1 aromatic heterocycles. The second kappa shape index (κ2) is 6.14. The first-order valence-corrected chi connectivity index (χ1v) is 8.54. The van der Waals surface area contributed by atoms with Crippen LogP contribution in [-0.4, -0.2) is 9.97 Å². The zero-order chi connectivity index (χ0) is 17.4. The third-order valence-corrected chi connectivity index (χ3v) is 4.63. The molecule has 3 aromatic carbocycles. The van der Waals surface area contributed by atoms with Crippen molar-refractivity contribution in [1.82, 2.24) is 9.97 Å². The molecule has 0 amide bonds. The summed E-state index contributed by atoms with van der Waals surface area (Å²) in [5.74, 6) is 0.796. The average Bonchev–Trinajstić information content (AvgIpc) is 2.62. The van der Waals surface area contributed by atoms with Gasteiger partial charge in [0.2, 0.25) is 0 Å². The molecule has 0 fully saturated rings. The molecule has 25 heavy (non-hydrogen) atoms. The largest absolute Gasteiger partial charge is 0.228 e. The van der Waals surface area contributed by atoms with E-state index in [4.69, 9.17) is 9.97 Å². The zero-order valence-electron chi connectivity index (χ0n) is 14.7. The monoisotopic (exact) mass is 324 g/mol. The molecule has 0 radical (unpaired) electrons. The van der Waals surface area contributed by atoms with Crippen molar-refractivity contribution in [2.24, 2.45) is 0 Å². The van der Waals surface area contributed by atoms with E-state index in [1.165, 1.54) is 16.7 Å². The van der Waals surface area contributed by atoms with E-state index in [0.717, 1.165) is 33.5 Å². The maximum Gasteiger partial charge on any atom is 0.160 e. The van der Waals surface area contributed by atoms with Crippen LogP contribution in [0.1, 0.15) is 16.7 Å². The van der Waals surface area contributed by atoms with Gasteiger partial charge in [0, 0.05) is 16.5 Å². The van der Waals surface area contributed by atoms with E-state index in [0.29, 0.717) is 0 Å². The van der Waals surface area contributed by atoms with E-state index in [9.17, 15) is 0 Å². The molecule has 0 saturated heterocycles. The van der Waals surface area contributed by atoms with E-state index in [1.807, 2.05) is 12.1 Å². The lowest BCUT2D eigenvalue weighted by molar-refractivity contribution is 1.20. The van der Waals surface area contributed by atoms with Crippen molar-refractivity contribution >= 4 is 10.9 Å². The molecule has 0 saturated carbocycles. The summed E-state index contributed by atoms with van der Waals surface area (Å²) < 4.78 is 0. The topological polar surface area (TPSA) is 25.8 Å². The molecule has 1 heterocycles. The zero-order valence-corrected chi connectivity index (χ0v) is 14.7. The fourth-order valence-electron chi connectivity index (χ4n) is 3.29. The Bertz CT molecular complexity index is 1040. The maximum absolute atomic E-state index is 4.98. The molecule has 0 aliphatic rings. The quantitative estimate of drug-likeness (QED) is 0.459. The second-order valence-corrected chi connectivity index (χ2v) is 6.55. The van der Waals surface area contributed by atoms with Gasteiger partial charge in [-0.3, -0.25) is 0 Å². The lowest BCUT2D eigenvalue weighted by atomic mass is 10.0. The van der Waals surface area contributed by atoms with E-state index in [1.54, 1.807) is 0 Å². The van der Waals surface area contributed by atoms with Gasteiger partial charge in [0.15, 0.2) is 5.82 Å². The van der Waals surface area contributed by atoms with Crippen molar-refractivity contribution in [1.29, 1.82) is 0 Å². The number of benzene rings is 3. The van der Waals surface area contributed by atoms with E-state index < -0.39 is 0 Å². The molecule has 4 rings (SSSR count). The fraction of sp³-hybridized carbons (Fsp3) is 0.130. The second-order valence-electron chi connectivity index (χ2n) is 6.55. The Balaban J connectivity index is 2.04. The summed E-state index contributed by atoms with van der Waals surface area (Å²) in [6, 6.07) is 23.1. The number of aryl methyl sites for hydroxylation is 3. The van der Waals surface area contributed by atoms with Gasteiger partial charge in [-0.1, -0.05) is 66.2 Å². The maximum atomic E-state index is 4.98. The minimum Gasteiger partial charge on any atom is -0.228 e. The minimum absolute atomic E-state index is 0.796. The van der Waals surface area contributed by atoms with Crippen LogP contribution in [0.5, 0.6) is 0 Å². The van der Waals surface area contributed by atoms with Gasteiger partial charge >= 0.3 is 0 Å². The first-order valence-electron chi connectivity index (χ1n) is 8.54. The number of fused-ring (bicyclic) bond motifs is 1. The van der Waals surface area contributed by atoms with Crippen molar-refractivity contribution in [2.75, 3.05) is 0 Å². The number of aromatic nitrogens is 2. The molecule has 0 atom stereocenters. The summed E-state index contributed by atoms with van der Waals surface area (Å²) in [4.78, 5) is 9.84. The molecular weight excluding hydrogens is 304 g/mol. The summed E-state index contributed by atoms with van der Waals surface area (Å²) in [5.41, 5.74) is 7.86. The standard InChI is InChI=1S/C23H20N2/c1-15-11-13-18(14-12-15)22-19-9-4-5-10-20(19)24-23(25-22)21-16(2)7-6-8-17(21)3/h4-14H,1-3H3. The van der Waals surface area contributed by atoms with Crippen molar-refractivity contribution in [3.8, 4) is 22.6 Å². The van der Waals surface area contributed by atoms with Gasteiger partial charge in [0.05, 0.1) is 11.2 Å². The van der Waals surface area contributed by atoms with Crippen molar-refractivity contribution in [3.05, 3.63) is 83.4 Å². The highest BCUT2D eigenvalue weighted by Gasteiger charge is 2.14. The molecule has 2 nitrogen and oxygen atoms in total. The Morgan fingerprint density at radius 2 is 1.32 bits per heavy atom. The summed E-state index contributed by atoms with van der Waals surface area (Å²) in [6.45, 7) is 6.34. The lowest BCUT2D eigenvalue weighted by Gasteiger charge is -2.12. The highest BCUT2D eigenvalue weighted by atomic mass is 14.9. The highest BCUT2D eigenvalue weighted by Crippen LogP contribution is 2.31. The molecule has 0 aliphatic carbocycles. The first-order chi connectivity index (χ1) is 12.1. The van der Waals surface area contributed by atoms with Crippen LogP contribution < -0.4 is 0 Å². The SMILES string of the molecule is Cc1ccc(-c2nc(-c3c(C)cccc3C)nc3ccccc23)cc1. The molecule has 4 aromatic rings. The van der Waals surface area contributed by atoms with Gasteiger partial charge in [0.25, 0.3) is 0 Å². The summed E-state index contributed by atoms with van der Waals surface area (Å²) in [6.07, 6.45) is 0. The fourth-order valence-corrected chi connectivity index (χ4v) is 3.29. The van der Waals surface area contributed by atoms with E-state index in [2.05, 4.69) is 75.4 Å². The highest BCUT2D eigenvalue weighted by molar-refractivity contribution is 5.93. The third kappa shape index (κ3) is 2.80. The van der Waals surface area contributed by atoms with Gasteiger partial charge in [-0.25, -0.2) is 9.97 Å². The van der Waals surface area contributed by atoms with Crippen LogP contribution in [0, 0.1) is 20.8 Å².